The van der Waals surface area contributed by atoms with Crippen LogP contribution in [0.25, 0.3) is 11.8 Å². The van der Waals surface area contributed by atoms with Gasteiger partial charge in [-0.2, -0.15) is 5.10 Å². The molecule has 0 saturated carbocycles. The fourth-order valence-electron chi connectivity index (χ4n) is 2.86. The minimum atomic E-state index is -0.150. The van der Waals surface area contributed by atoms with Crippen LogP contribution in [0.1, 0.15) is 22.3 Å². The first-order chi connectivity index (χ1) is 12.0. The van der Waals surface area contributed by atoms with Gasteiger partial charge in [-0.15, -0.1) is 0 Å². The maximum atomic E-state index is 12.2. The summed E-state index contributed by atoms with van der Waals surface area (Å²) in [5.74, 6) is -0.150. The van der Waals surface area contributed by atoms with E-state index in [0.717, 1.165) is 28.1 Å². The number of para-hydroxylation sites is 1. The number of carbonyl (C=O) groups excluding carboxylic acids is 1. The molecule has 0 fully saturated rings. The van der Waals surface area contributed by atoms with Gasteiger partial charge in [0.2, 0.25) is 5.91 Å². The molecule has 4 nitrogen and oxygen atoms in total. The average molecular weight is 331 g/mol. The molecule has 4 heteroatoms. The van der Waals surface area contributed by atoms with Crippen LogP contribution in [0.3, 0.4) is 0 Å². The molecule has 0 saturated heterocycles. The van der Waals surface area contributed by atoms with Crippen molar-refractivity contribution >= 4 is 17.7 Å². The van der Waals surface area contributed by atoms with E-state index in [0.29, 0.717) is 0 Å². The van der Waals surface area contributed by atoms with Gasteiger partial charge in [0, 0.05) is 23.5 Å². The van der Waals surface area contributed by atoms with E-state index in [2.05, 4.69) is 29.5 Å². The van der Waals surface area contributed by atoms with Crippen molar-refractivity contribution in [3.63, 3.8) is 0 Å². The van der Waals surface area contributed by atoms with Crippen molar-refractivity contribution in [3.05, 3.63) is 83.2 Å². The van der Waals surface area contributed by atoms with Gasteiger partial charge in [0.25, 0.3) is 0 Å². The summed E-state index contributed by atoms with van der Waals surface area (Å²) in [6.45, 7) is 6.06. The summed E-state index contributed by atoms with van der Waals surface area (Å²) >= 11 is 0. The van der Waals surface area contributed by atoms with E-state index in [1.54, 1.807) is 17.0 Å². The summed E-state index contributed by atoms with van der Waals surface area (Å²) in [6.07, 6.45) is 6.92. The number of carbonyl (C=O) groups is 1. The first-order valence-electron chi connectivity index (χ1n) is 8.20. The Bertz CT molecular complexity index is 900. The second-order valence-electron chi connectivity index (χ2n) is 6.15. The third-order valence-electron chi connectivity index (χ3n) is 3.98. The van der Waals surface area contributed by atoms with E-state index < -0.39 is 0 Å². The molecule has 0 spiro atoms. The van der Waals surface area contributed by atoms with Crippen molar-refractivity contribution in [1.82, 2.24) is 9.78 Å². The number of hydrogen-bond donors (Lipinski definition) is 1. The average Bonchev–Trinajstić information content (AvgIpc) is 3.06. The summed E-state index contributed by atoms with van der Waals surface area (Å²) in [4.78, 5) is 12.2. The Morgan fingerprint density at radius 3 is 2.44 bits per heavy atom. The van der Waals surface area contributed by atoms with Gasteiger partial charge >= 0.3 is 0 Å². The summed E-state index contributed by atoms with van der Waals surface area (Å²) < 4.78 is 1.78. The van der Waals surface area contributed by atoms with Crippen LogP contribution < -0.4 is 5.32 Å². The predicted molar refractivity (Wildman–Crippen MR) is 102 cm³/mol. The smallest absolute Gasteiger partial charge is 0.248 e. The van der Waals surface area contributed by atoms with Crippen LogP contribution in [-0.2, 0) is 4.79 Å². The molecule has 3 aromatic rings. The van der Waals surface area contributed by atoms with Crippen molar-refractivity contribution in [1.29, 1.82) is 0 Å². The number of amides is 1. The number of nitrogens with zero attached hydrogens (tertiary/aromatic N) is 2. The monoisotopic (exact) mass is 331 g/mol. The number of anilines is 1. The Morgan fingerprint density at radius 1 is 1.08 bits per heavy atom. The fourth-order valence-corrected chi connectivity index (χ4v) is 2.86. The van der Waals surface area contributed by atoms with E-state index in [-0.39, 0.29) is 5.91 Å². The molecule has 3 rings (SSSR count). The van der Waals surface area contributed by atoms with E-state index in [1.807, 2.05) is 50.4 Å². The molecule has 25 heavy (non-hydrogen) atoms. The van der Waals surface area contributed by atoms with Crippen LogP contribution in [0.4, 0.5) is 5.69 Å². The third kappa shape index (κ3) is 4.04. The van der Waals surface area contributed by atoms with Gasteiger partial charge in [-0.05, 0) is 50.1 Å². The molecule has 2 aromatic carbocycles. The van der Waals surface area contributed by atoms with Gasteiger partial charge in [0.05, 0.1) is 11.9 Å². The molecule has 0 atom stereocenters. The van der Waals surface area contributed by atoms with E-state index in [9.17, 15) is 4.79 Å². The van der Waals surface area contributed by atoms with Crippen LogP contribution in [0, 0.1) is 20.8 Å². The fraction of sp³-hybridized carbons (Fsp3) is 0.143. The molecule has 1 N–H and O–H groups in total. The third-order valence-corrected chi connectivity index (χ3v) is 3.98. The molecular formula is C21H21N3O. The zero-order valence-corrected chi connectivity index (χ0v) is 14.7. The molecule has 126 valence electrons. The number of hydrogen-bond acceptors (Lipinski definition) is 2. The molecule has 1 aromatic heterocycles. The molecule has 0 aliphatic carbocycles. The summed E-state index contributed by atoms with van der Waals surface area (Å²) in [5.41, 5.74) is 6.05. The van der Waals surface area contributed by atoms with Gasteiger partial charge < -0.3 is 5.32 Å². The summed E-state index contributed by atoms with van der Waals surface area (Å²) in [7, 11) is 0. The Balaban J connectivity index is 1.71. The number of aromatic nitrogens is 2. The van der Waals surface area contributed by atoms with Crippen molar-refractivity contribution in [2.45, 2.75) is 20.8 Å². The molecule has 0 bridgehead atoms. The van der Waals surface area contributed by atoms with Gasteiger partial charge in [-0.1, -0.05) is 35.9 Å². The van der Waals surface area contributed by atoms with E-state index in [4.69, 9.17) is 0 Å². The largest absolute Gasteiger partial charge is 0.322 e. The van der Waals surface area contributed by atoms with Crippen molar-refractivity contribution < 1.29 is 4.79 Å². The van der Waals surface area contributed by atoms with Crippen molar-refractivity contribution in [3.8, 4) is 5.69 Å². The van der Waals surface area contributed by atoms with Gasteiger partial charge in [-0.3, -0.25) is 4.79 Å². The summed E-state index contributed by atoms with van der Waals surface area (Å²) in [6, 6.07) is 14.0. The minimum Gasteiger partial charge on any atom is -0.322 e. The van der Waals surface area contributed by atoms with E-state index in [1.165, 1.54) is 11.6 Å². The normalized spacial score (nSPS) is 11.0. The minimum absolute atomic E-state index is 0.150. The molecule has 0 aliphatic rings. The standard InChI is InChI=1S/C21H21N3O/c1-15-11-16(2)21(17(3)12-15)23-20(25)10-9-18-13-22-24(14-18)19-7-5-4-6-8-19/h4-14H,1-3H3,(H,23,25)/b10-9+. The number of benzene rings is 2. The molecule has 1 heterocycles. The Kier molecular flexibility index (Phi) is 4.80. The zero-order valence-electron chi connectivity index (χ0n) is 14.7. The van der Waals surface area contributed by atoms with Gasteiger partial charge in [-0.25, -0.2) is 4.68 Å². The second kappa shape index (κ2) is 7.18. The maximum Gasteiger partial charge on any atom is 0.248 e. The lowest BCUT2D eigenvalue weighted by Gasteiger charge is -2.11. The lowest BCUT2D eigenvalue weighted by Crippen LogP contribution is -2.10. The first kappa shape index (κ1) is 16.7. The quantitative estimate of drug-likeness (QED) is 0.718. The van der Waals surface area contributed by atoms with Crippen molar-refractivity contribution in [2.75, 3.05) is 5.32 Å². The van der Waals surface area contributed by atoms with Gasteiger partial charge in [0.15, 0.2) is 0 Å². The molecule has 0 aliphatic heterocycles. The molecule has 1 amide bonds. The van der Waals surface area contributed by atoms with Crippen LogP contribution in [0.15, 0.2) is 60.9 Å². The molecule has 0 radical (unpaired) electrons. The Hall–Kier alpha value is -3.14. The van der Waals surface area contributed by atoms with Gasteiger partial charge in [0.1, 0.15) is 0 Å². The number of rotatable bonds is 4. The highest BCUT2D eigenvalue weighted by Gasteiger charge is 2.06. The highest BCUT2D eigenvalue weighted by molar-refractivity contribution is 6.02. The predicted octanol–water partition coefficient (Wildman–Crippen LogP) is 4.45. The Morgan fingerprint density at radius 2 is 1.76 bits per heavy atom. The number of nitrogens with one attached hydrogen (secondary N) is 1. The highest BCUT2D eigenvalue weighted by atomic mass is 16.1. The highest BCUT2D eigenvalue weighted by Crippen LogP contribution is 2.22. The zero-order chi connectivity index (χ0) is 17.8. The van der Waals surface area contributed by atoms with Crippen LogP contribution in [0.2, 0.25) is 0 Å². The lowest BCUT2D eigenvalue weighted by atomic mass is 10.1. The topological polar surface area (TPSA) is 46.9 Å². The van der Waals surface area contributed by atoms with E-state index >= 15 is 0 Å². The number of aryl methyl sites for hydroxylation is 3. The first-order valence-corrected chi connectivity index (χ1v) is 8.20. The molecular weight excluding hydrogens is 310 g/mol. The Labute approximate surface area is 147 Å². The van der Waals surface area contributed by atoms with Crippen LogP contribution in [-0.4, -0.2) is 15.7 Å². The van der Waals surface area contributed by atoms with Crippen molar-refractivity contribution in [2.24, 2.45) is 0 Å². The van der Waals surface area contributed by atoms with Crippen LogP contribution in [0.5, 0.6) is 0 Å². The lowest BCUT2D eigenvalue weighted by molar-refractivity contribution is -0.111. The summed E-state index contributed by atoms with van der Waals surface area (Å²) in [5, 5.41) is 7.28. The SMILES string of the molecule is Cc1cc(C)c(NC(=O)/C=C/c2cnn(-c3ccccc3)c2)c(C)c1. The molecule has 0 unspecified atom stereocenters. The van der Waals surface area contributed by atoms with Crippen LogP contribution >= 0.6 is 0 Å². The second-order valence-corrected chi connectivity index (χ2v) is 6.15. The maximum absolute atomic E-state index is 12.2.